The summed E-state index contributed by atoms with van der Waals surface area (Å²) in [7, 11) is 1.56. The van der Waals surface area contributed by atoms with E-state index in [-0.39, 0.29) is 16.7 Å². The summed E-state index contributed by atoms with van der Waals surface area (Å²) in [6.45, 7) is 2.26. The smallest absolute Gasteiger partial charge is 0.262 e. The number of nitrogens with two attached hydrogens (primary N) is 1. The van der Waals surface area contributed by atoms with Crippen LogP contribution in [0.15, 0.2) is 54.6 Å². The molecule has 0 aliphatic heterocycles. The van der Waals surface area contributed by atoms with Crippen LogP contribution in [0.2, 0.25) is 10.0 Å². The van der Waals surface area contributed by atoms with E-state index in [2.05, 4.69) is 6.92 Å². The highest BCUT2D eigenvalue weighted by molar-refractivity contribution is 6.34. The second-order valence-electron chi connectivity index (χ2n) is 9.60. The molecule has 2 fully saturated rings. The Morgan fingerprint density at radius 2 is 1.75 bits per heavy atom. The van der Waals surface area contributed by atoms with Crippen LogP contribution >= 0.6 is 23.2 Å². The molecule has 5 rings (SSSR count). The van der Waals surface area contributed by atoms with E-state index in [1.54, 1.807) is 43.4 Å². The highest BCUT2D eigenvalue weighted by Gasteiger charge is 2.54. The van der Waals surface area contributed by atoms with E-state index in [9.17, 15) is 14.0 Å². The molecule has 2 aliphatic rings. The maximum atomic E-state index is 14.5. The summed E-state index contributed by atoms with van der Waals surface area (Å²) in [4.78, 5) is 26.3. The molecule has 0 bridgehead atoms. The van der Waals surface area contributed by atoms with Gasteiger partial charge in [-0.15, -0.1) is 0 Å². The lowest BCUT2D eigenvalue weighted by Crippen LogP contribution is -2.28. The lowest BCUT2D eigenvalue weighted by Gasteiger charge is -2.25. The Kier molecular flexibility index (Phi) is 6.43. The number of anilines is 1. The Morgan fingerprint density at radius 3 is 2.42 bits per heavy atom. The van der Waals surface area contributed by atoms with Crippen molar-refractivity contribution in [3.63, 3.8) is 0 Å². The molecule has 3 aromatic rings. The van der Waals surface area contributed by atoms with E-state index in [0.29, 0.717) is 45.0 Å². The summed E-state index contributed by atoms with van der Waals surface area (Å²) in [6.07, 6.45) is 1.91. The maximum absolute atomic E-state index is 14.5. The topological polar surface area (TPSA) is 72.6 Å². The second kappa shape index (κ2) is 9.41. The first-order valence-electron chi connectivity index (χ1n) is 11.8. The third kappa shape index (κ3) is 4.44. The Labute approximate surface area is 218 Å². The van der Waals surface area contributed by atoms with Gasteiger partial charge in [0.15, 0.2) is 0 Å². The normalized spacial score (nSPS) is 22.1. The molecule has 186 valence electrons. The quantitative estimate of drug-likeness (QED) is 0.393. The van der Waals surface area contributed by atoms with Crippen LogP contribution in [-0.2, 0) is 0 Å². The van der Waals surface area contributed by atoms with E-state index in [1.165, 1.54) is 23.1 Å². The minimum Gasteiger partial charge on any atom is -0.488 e. The summed E-state index contributed by atoms with van der Waals surface area (Å²) in [5, 5.41) is 0.475. The standard InChI is InChI=1S/C28H25Cl2FN2O3/c1-14-18-12-17(13-19(14)18)36-25-11-15(20-10-16(27(32)34)6-8-21(20)29)7-9-24(25)33(2)28(35)26-22(30)4-3-5-23(26)31/h3-11,14,17-19H,12-13H2,1-2H3,(H2,32,34)/t14?,17?,18-,19+. The van der Waals surface area contributed by atoms with Crippen molar-refractivity contribution in [3.05, 3.63) is 81.6 Å². The zero-order valence-corrected chi connectivity index (χ0v) is 21.3. The molecule has 2 unspecified atom stereocenters. The van der Waals surface area contributed by atoms with Crippen molar-refractivity contribution in [2.45, 2.75) is 25.9 Å². The molecule has 2 amide bonds. The third-order valence-corrected chi connectivity index (χ3v) is 8.13. The number of fused-ring (bicyclic) bond motifs is 1. The van der Waals surface area contributed by atoms with Crippen LogP contribution in [0.25, 0.3) is 11.1 Å². The van der Waals surface area contributed by atoms with Gasteiger partial charge in [-0.25, -0.2) is 4.39 Å². The van der Waals surface area contributed by atoms with Gasteiger partial charge in [0.05, 0.1) is 22.4 Å². The molecule has 2 aliphatic carbocycles. The number of benzene rings is 3. The van der Waals surface area contributed by atoms with Gasteiger partial charge < -0.3 is 15.4 Å². The number of carbonyl (C=O) groups is 2. The molecule has 2 saturated carbocycles. The number of amides is 2. The molecule has 3 aromatic carbocycles. The van der Waals surface area contributed by atoms with Gasteiger partial charge in [-0.1, -0.05) is 42.3 Å². The number of primary amides is 1. The van der Waals surface area contributed by atoms with E-state index < -0.39 is 17.6 Å². The first-order chi connectivity index (χ1) is 17.2. The van der Waals surface area contributed by atoms with Crippen molar-refractivity contribution < 1.29 is 18.7 Å². The van der Waals surface area contributed by atoms with E-state index >= 15 is 0 Å². The number of halogens is 3. The number of carbonyl (C=O) groups excluding carboxylic acids is 2. The number of hydrogen-bond acceptors (Lipinski definition) is 3. The van der Waals surface area contributed by atoms with Gasteiger partial charge in [0.1, 0.15) is 11.6 Å². The molecule has 0 spiro atoms. The van der Waals surface area contributed by atoms with Gasteiger partial charge in [0, 0.05) is 23.2 Å². The van der Waals surface area contributed by atoms with Gasteiger partial charge in [-0.2, -0.15) is 0 Å². The first-order valence-corrected chi connectivity index (χ1v) is 12.5. The molecule has 4 atom stereocenters. The van der Waals surface area contributed by atoms with Gasteiger partial charge in [-0.05, 0) is 78.6 Å². The highest BCUT2D eigenvalue weighted by Crippen LogP contribution is 2.58. The average molecular weight is 527 g/mol. The number of nitrogens with zero attached hydrogens (tertiary/aromatic N) is 1. The lowest BCUT2D eigenvalue weighted by molar-refractivity contribution is 0.0983. The summed E-state index contributed by atoms with van der Waals surface area (Å²) in [5.74, 6) is 0.673. The van der Waals surface area contributed by atoms with Gasteiger partial charge in [-0.3, -0.25) is 9.59 Å². The Hall–Kier alpha value is -3.09. The number of rotatable bonds is 6. The van der Waals surface area contributed by atoms with Crippen LogP contribution in [0.3, 0.4) is 0 Å². The summed E-state index contributed by atoms with van der Waals surface area (Å²) < 4.78 is 21.0. The van der Waals surface area contributed by atoms with Crippen molar-refractivity contribution in [2.24, 2.45) is 23.5 Å². The van der Waals surface area contributed by atoms with Gasteiger partial charge in [0.25, 0.3) is 5.91 Å². The minimum atomic E-state index is -0.696. The van der Waals surface area contributed by atoms with Crippen LogP contribution < -0.4 is 15.4 Å². The minimum absolute atomic E-state index is 0.0122. The molecule has 0 aromatic heterocycles. The lowest BCUT2D eigenvalue weighted by atomic mass is 10.0. The van der Waals surface area contributed by atoms with Crippen molar-refractivity contribution in [1.29, 1.82) is 0 Å². The summed E-state index contributed by atoms with van der Waals surface area (Å²) >= 11 is 12.6. The molecule has 0 saturated heterocycles. The fourth-order valence-corrected chi connectivity index (χ4v) is 5.80. The predicted molar refractivity (Wildman–Crippen MR) is 139 cm³/mol. The van der Waals surface area contributed by atoms with Gasteiger partial charge >= 0.3 is 0 Å². The molecular weight excluding hydrogens is 502 g/mol. The zero-order chi connectivity index (χ0) is 25.7. The molecule has 36 heavy (non-hydrogen) atoms. The average Bonchev–Trinajstić information content (AvgIpc) is 3.23. The Balaban J connectivity index is 1.54. The summed E-state index contributed by atoms with van der Waals surface area (Å²) in [6, 6.07) is 14.2. The number of hydrogen-bond donors (Lipinski definition) is 1. The monoisotopic (exact) mass is 526 g/mol. The Morgan fingerprint density at radius 1 is 1.03 bits per heavy atom. The molecular formula is C28H25Cl2FN2O3. The van der Waals surface area contributed by atoms with Crippen LogP contribution in [0.4, 0.5) is 10.1 Å². The van der Waals surface area contributed by atoms with Gasteiger partial charge in [0.2, 0.25) is 5.91 Å². The molecule has 5 nitrogen and oxygen atoms in total. The van der Waals surface area contributed by atoms with Crippen molar-refractivity contribution in [3.8, 4) is 16.9 Å². The van der Waals surface area contributed by atoms with Crippen LogP contribution in [0.1, 0.15) is 40.5 Å². The highest BCUT2D eigenvalue weighted by atomic mass is 35.5. The van der Waals surface area contributed by atoms with E-state index in [1.807, 2.05) is 0 Å². The Bertz CT molecular complexity index is 1350. The molecule has 0 heterocycles. The number of ether oxygens (including phenoxy) is 1. The largest absolute Gasteiger partial charge is 0.488 e. The maximum Gasteiger partial charge on any atom is 0.262 e. The van der Waals surface area contributed by atoms with Crippen LogP contribution in [-0.4, -0.2) is 25.0 Å². The third-order valence-electron chi connectivity index (χ3n) is 7.49. The first kappa shape index (κ1) is 24.6. The van der Waals surface area contributed by atoms with E-state index in [0.717, 1.165) is 18.8 Å². The fraction of sp³-hybridized carbons (Fsp3) is 0.286. The SMILES string of the molecule is CC1[C@H]2CC(Oc3cc(-c4cc(C(N)=O)ccc4Cl)ccc3N(C)C(=O)c3c(F)cccc3Cl)C[C@@H]12. The van der Waals surface area contributed by atoms with Crippen molar-refractivity contribution in [2.75, 3.05) is 11.9 Å². The molecule has 2 N–H and O–H groups in total. The van der Waals surface area contributed by atoms with Crippen LogP contribution in [0.5, 0.6) is 5.75 Å². The zero-order valence-electron chi connectivity index (χ0n) is 19.8. The predicted octanol–water partition coefficient (Wildman–Crippen LogP) is 6.60. The fourth-order valence-electron chi connectivity index (χ4n) is 5.33. The van der Waals surface area contributed by atoms with Crippen molar-refractivity contribution in [1.82, 2.24) is 0 Å². The van der Waals surface area contributed by atoms with Crippen LogP contribution in [0, 0.1) is 23.6 Å². The van der Waals surface area contributed by atoms with Crippen molar-refractivity contribution >= 4 is 40.7 Å². The molecule has 0 radical (unpaired) electrons. The summed E-state index contributed by atoms with van der Waals surface area (Å²) in [5.41, 5.74) is 7.36. The molecule has 8 heteroatoms. The van der Waals surface area contributed by atoms with E-state index in [4.69, 9.17) is 33.7 Å². The second-order valence-corrected chi connectivity index (χ2v) is 10.4.